The summed E-state index contributed by atoms with van der Waals surface area (Å²) in [6.45, 7) is 9.13. The lowest BCUT2D eigenvalue weighted by atomic mass is 9.89. The van der Waals surface area contributed by atoms with Gasteiger partial charge in [-0.1, -0.05) is 6.92 Å². The zero-order chi connectivity index (χ0) is 16.8. The summed E-state index contributed by atoms with van der Waals surface area (Å²) in [6, 6.07) is 0. The Hall–Kier alpha value is -1.24. The molecule has 0 spiro atoms. The molecule has 1 atom stereocenters. The molecule has 2 aliphatic heterocycles. The monoisotopic (exact) mass is 358 g/mol. The molecule has 6 heteroatoms. The standard InChI is InChI=1S/C19H26N4OS/c1-13-3-4-14-15(11-13)25-19-17(14)18(23-5-2-6-23)20-16(21-19)12-22-7-9-24-10-8-22/h13H,2-12H2,1H3/t13-/m1/s1. The van der Waals surface area contributed by atoms with E-state index in [9.17, 15) is 0 Å². The van der Waals surface area contributed by atoms with Crippen LogP contribution in [0.1, 0.15) is 36.0 Å². The summed E-state index contributed by atoms with van der Waals surface area (Å²) in [5, 5.41) is 1.37. The Morgan fingerprint density at radius 3 is 2.76 bits per heavy atom. The van der Waals surface area contributed by atoms with E-state index in [0.717, 1.165) is 57.7 Å². The molecule has 4 heterocycles. The Kier molecular flexibility index (Phi) is 4.14. The molecule has 2 aromatic heterocycles. The Morgan fingerprint density at radius 1 is 1.16 bits per heavy atom. The van der Waals surface area contributed by atoms with Crippen LogP contribution in [0.15, 0.2) is 0 Å². The van der Waals surface area contributed by atoms with E-state index in [0.29, 0.717) is 0 Å². The smallest absolute Gasteiger partial charge is 0.146 e. The maximum atomic E-state index is 5.47. The minimum absolute atomic E-state index is 0.800. The van der Waals surface area contributed by atoms with E-state index < -0.39 is 0 Å². The number of fused-ring (bicyclic) bond motifs is 3. The van der Waals surface area contributed by atoms with Crippen LogP contribution in [0.3, 0.4) is 0 Å². The first-order valence-electron chi connectivity index (χ1n) is 9.64. The van der Waals surface area contributed by atoms with Crippen molar-refractivity contribution in [1.82, 2.24) is 14.9 Å². The van der Waals surface area contributed by atoms with Gasteiger partial charge in [0.25, 0.3) is 0 Å². The van der Waals surface area contributed by atoms with E-state index in [-0.39, 0.29) is 0 Å². The first-order chi connectivity index (χ1) is 12.3. The van der Waals surface area contributed by atoms with Crippen molar-refractivity contribution in [1.29, 1.82) is 0 Å². The van der Waals surface area contributed by atoms with Gasteiger partial charge in [-0.05, 0) is 37.2 Å². The molecule has 25 heavy (non-hydrogen) atoms. The van der Waals surface area contributed by atoms with Gasteiger partial charge in [0.05, 0.1) is 25.1 Å². The highest BCUT2D eigenvalue weighted by Gasteiger charge is 2.28. The summed E-state index contributed by atoms with van der Waals surface area (Å²) in [4.78, 5) is 17.7. The van der Waals surface area contributed by atoms with E-state index in [2.05, 4.69) is 16.7 Å². The van der Waals surface area contributed by atoms with Gasteiger partial charge in [-0.25, -0.2) is 9.97 Å². The molecule has 5 nitrogen and oxygen atoms in total. The fraction of sp³-hybridized carbons (Fsp3) is 0.684. The summed E-state index contributed by atoms with van der Waals surface area (Å²) >= 11 is 1.92. The van der Waals surface area contributed by atoms with Gasteiger partial charge in [-0.15, -0.1) is 11.3 Å². The summed E-state index contributed by atoms with van der Waals surface area (Å²) in [6.07, 6.45) is 5.00. The van der Waals surface area contributed by atoms with Gasteiger partial charge >= 0.3 is 0 Å². The van der Waals surface area contributed by atoms with Crippen molar-refractivity contribution in [3.63, 3.8) is 0 Å². The molecule has 5 rings (SSSR count). The van der Waals surface area contributed by atoms with Crippen molar-refractivity contribution in [2.75, 3.05) is 44.3 Å². The average Bonchev–Trinajstić information content (AvgIpc) is 2.91. The van der Waals surface area contributed by atoms with Gasteiger partial charge in [0.2, 0.25) is 0 Å². The van der Waals surface area contributed by atoms with Crippen molar-refractivity contribution in [2.45, 2.75) is 39.2 Å². The minimum Gasteiger partial charge on any atom is -0.379 e. The van der Waals surface area contributed by atoms with E-state index in [1.807, 2.05) is 11.3 Å². The number of hydrogen-bond acceptors (Lipinski definition) is 6. The fourth-order valence-corrected chi connectivity index (χ4v) is 5.55. The molecule has 134 valence electrons. The second kappa shape index (κ2) is 6.49. The number of aryl methyl sites for hydroxylation is 1. The lowest BCUT2D eigenvalue weighted by Gasteiger charge is -2.33. The molecule has 0 unspecified atom stereocenters. The average molecular weight is 359 g/mol. The van der Waals surface area contributed by atoms with Crippen LogP contribution >= 0.6 is 11.3 Å². The van der Waals surface area contributed by atoms with Crippen LogP contribution < -0.4 is 4.90 Å². The normalized spacial score (nSPS) is 24.4. The van der Waals surface area contributed by atoms with Crippen molar-refractivity contribution in [3.8, 4) is 0 Å². The first kappa shape index (κ1) is 16.0. The molecule has 0 bridgehead atoms. The van der Waals surface area contributed by atoms with Crippen LogP contribution in [0.5, 0.6) is 0 Å². The summed E-state index contributed by atoms with van der Waals surface area (Å²) in [5.74, 6) is 3.00. The Labute approximate surface area is 153 Å². The van der Waals surface area contributed by atoms with Crippen LogP contribution in [0.4, 0.5) is 5.82 Å². The maximum absolute atomic E-state index is 5.47. The predicted octanol–water partition coefficient (Wildman–Crippen LogP) is 2.86. The van der Waals surface area contributed by atoms with Gasteiger partial charge in [0.1, 0.15) is 16.5 Å². The molecular weight excluding hydrogens is 332 g/mol. The van der Waals surface area contributed by atoms with Gasteiger partial charge in [0.15, 0.2) is 0 Å². The van der Waals surface area contributed by atoms with Gasteiger partial charge < -0.3 is 9.64 Å². The Balaban J connectivity index is 1.55. The van der Waals surface area contributed by atoms with E-state index in [1.165, 1.54) is 41.7 Å². The van der Waals surface area contributed by atoms with Crippen molar-refractivity contribution >= 4 is 27.4 Å². The number of anilines is 1. The lowest BCUT2D eigenvalue weighted by Crippen LogP contribution is -2.39. The van der Waals surface area contributed by atoms with Gasteiger partial charge in [-0.2, -0.15) is 0 Å². The van der Waals surface area contributed by atoms with Crippen LogP contribution in [0.2, 0.25) is 0 Å². The molecular formula is C19H26N4OS. The predicted molar refractivity (Wildman–Crippen MR) is 102 cm³/mol. The maximum Gasteiger partial charge on any atom is 0.146 e. The minimum atomic E-state index is 0.800. The van der Waals surface area contributed by atoms with Crippen LogP contribution in [0, 0.1) is 5.92 Å². The molecule has 2 fully saturated rings. The van der Waals surface area contributed by atoms with Gasteiger partial charge in [-0.3, -0.25) is 4.90 Å². The van der Waals surface area contributed by atoms with E-state index in [4.69, 9.17) is 14.7 Å². The Bertz CT molecular complexity index is 779. The molecule has 0 aromatic carbocycles. The van der Waals surface area contributed by atoms with Crippen LogP contribution in [0.25, 0.3) is 10.2 Å². The SMILES string of the molecule is C[C@@H]1CCc2c(sc3nc(CN4CCOCC4)nc(N4CCC4)c23)C1. The van der Waals surface area contributed by atoms with Crippen LogP contribution in [-0.4, -0.2) is 54.3 Å². The molecule has 2 saturated heterocycles. The number of thiophene rings is 1. The lowest BCUT2D eigenvalue weighted by molar-refractivity contribution is 0.0331. The number of aromatic nitrogens is 2. The highest BCUT2D eigenvalue weighted by atomic mass is 32.1. The molecule has 3 aliphatic rings. The summed E-state index contributed by atoms with van der Waals surface area (Å²) < 4.78 is 5.47. The van der Waals surface area contributed by atoms with Crippen molar-refractivity contribution < 1.29 is 4.74 Å². The largest absolute Gasteiger partial charge is 0.379 e. The van der Waals surface area contributed by atoms with E-state index in [1.54, 1.807) is 10.4 Å². The molecule has 2 aromatic rings. The zero-order valence-corrected chi connectivity index (χ0v) is 15.8. The molecule has 1 aliphatic carbocycles. The molecule has 0 N–H and O–H groups in total. The highest BCUT2D eigenvalue weighted by molar-refractivity contribution is 7.19. The zero-order valence-electron chi connectivity index (χ0n) is 15.0. The second-order valence-electron chi connectivity index (χ2n) is 7.72. The van der Waals surface area contributed by atoms with Gasteiger partial charge in [0, 0.05) is 31.1 Å². The number of nitrogens with zero attached hydrogens (tertiary/aromatic N) is 4. The summed E-state index contributed by atoms with van der Waals surface area (Å²) in [7, 11) is 0. The van der Waals surface area contributed by atoms with Crippen LogP contribution in [-0.2, 0) is 24.1 Å². The molecule has 0 radical (unpaired) electrons. The highest BCUT2D eigenvalue weighted by Crippen LogP contribution is 2.41. The number of ether oxygens (including phenoxy) is 1. The fourth-order valence-electron chi connectivity index (χ4n) is 4.15. The molecule has 0 amide bonds. The molecule has 0 saturated carbocycles. The number of morpholine rings is 1. The van der Waals surface area contributed by atoms with E-state index >= 15 is 0 Å². The van der Waals surface area contributed by atoms with Crippen molar-refractivity contribution in [3.05, 3.63) is 16.3 Å². The topological polar surface area (TPSA) is 41.5 Å². The quantitative estimate of drug-likeness (QED) is 0.844. The second-order valence-corrected chi connectivity index (χ2v) is 8.81. The van der Waals surface area contributed by atoms with Crippen molar-refractivity contribution in [2.24, 2.45) is 5.92 Å². The summed E-state index contributed by atoms with van der Waals surface area (Å²) in [5.41, 5.74) is 1.55. The Morgan fingerprint density at radius 2 is 2.00 bits per heavy atom. The third-order valence-electron chi connectivity index (χ3n) is 5.81. The number of hydrogen-bond donors (Lipinski definition) is 0. The first-order valence-corrected chi connectivity index (χ1v) is 10.5. The number of rotatable bonds is 3. The third-order valence-corrected chi connectivity index (χ3v) is 6.95. The third kappa shape index (κ3) is 2.94.